The molecular formula is C14H21N3O4S. The van der Waals surface area contributed by atoms with E-state index in [4.69, 9.17) is 0 Å². The number of nitrogens with zero attached hydrogens (tertiary/aromatic N) is 2. The summed E-state index contributed by atoms with van der Waals surface area (Å²) in [7, 11) is -3.59. The Bertz CT molecular complexity index is 703. The van der Waals surface area contributed by atoms with Crippen molar-refractivity contribution in [1.29, 1.82) is 0 Å². The SMILES string of the molecule is CC(C)NC(=O)Cn1cc(S(=O)(=O)N2CCCC2)ccc1=O. The molecule has 0 bridgehead atoms. The number of amides is 1. The minimum atomic E-state index is -3.59. The fraction of sp³-hybridized carbons (Fsp3) is 0.571. The number of hydrogen-bond acceptors (Lipinski definition) is 4. The third kappa shape index (κ3) is 3.75. The molecule has 0 saturated carbocycles. The number of carbonyl (C=O) groups is 1. The molecule has 0 aromatic carbocycles. The van der Waals surface area contributed by atoms with Crippen LogP contribution in [0.2, 0.25) is 0 Å². The Kier molecular flexibility index (Phi) is 5.02. The summed E-state index contributed by atoms with van der Waals surface area (Å²) < 4.78 is 27.5. The predicted molar refractivity (Wildman–Crippen MR) is 82.0 cm³/mol. The number of pyridine rings is 1. The van der Waals surface area contributed by atoms with Gasteiger partial charge in [-0.1, -0.05) is 0 Å². The third-order valence-electron chi connectivity index (χ3n) is 3.42. The lowest BCUT2D eigenvalue weighted by atomic mass is 10.4. The molecule has 0 radical (unpaired) electrons. The Balaban J connectivity index is 2.26. The first-order valence-corrected chi connectivity index (χ1v) is 8.75. The summed E-state index contributed by atoms with van der Waals surface area (Å²) in [5.74, 6) is -0.326. The molecule has 1 aromatic rings. The van der Waals surface area contributed by atoms with Crippen molar-refractivity contribution in [3.63, 3.8) is 0 Å². The molecule has 1 aliphatic heterocycles. The van der Waals surface area contributed by atoms with Gasteiger partial charge >= 0.3 is 0 Å². The molecule has 1 aromatic heterocycles. The quantitative estimate of drug-likeness (QED) is 0.834. The van der Waals surface area contributed by atoms with Crippen LogP contribution in [0.3, 0.4) is 0 Å². The van der Waals surface area contributed by atoms with E-state index in [9.17, 15) is 18.0 Å². The monoisotopic (exact) mass is 327 g/mol. The first-order chi connectivity index (χ1) is 10.3. The van der Waals surface area contributed by atoms with Crippen molar-refractivity contribution in [2.24, 2.45) is 0 Å². The summed E-state index contributed by atoms with van der Waals surface area (Å²) in [6, 6.07) is 2.44. The highest BCUT2D eigenvalue weighted by atomic mass is 32.2. The number of hydrogen-bond donors (Lipinski definition) is 1. The molecule has 2 rings (SSSR count). The van der Waals surface area contributed by atoms with Crippen LogP contribution < -0.4 is 10.9 Å². The van der Waals surface area contributed by atoms with Gasteiger partial charge in [-0.2, -0.15) is 4.31 Å². The Morgan fingerprint density at radius 3 is 2.50 bits per heavy atom. The van der Waals surface area contributed by atoms with Crippen LogP contribution in [0.5, 0.6) is 0 Å². The van der Waals surface area contributed by atoms with Gasteiger partial charge < -0.3 is 9.88 Å². The standard InChI is InChI=1S/C14H21N3O4S/c1-11(2)15-13(18)10-16-9-12(5-6-14(16)19)22(20,21)17-7-3-4-8-17/h5-6,9,11H,3-4,7-8,10H2,1-2H3,(H,15,18). The minimum Gasteiger partial charge on any atom is -0.352 e. The van der Waals surface area contributed by atoms with Crippen molar-refractivity contribution in [1.82, 2.24) is 14.2 Å². The highest BCUT2D eigenvalue weighted by Crippen LogP contribution is 2.19. The molecule has 1 N–H and O–H groups in total. The Labute approximate surface area is 130 Å². The van der Waals surface area contributed by atoms with Crippen LogP contribution in [0, 0.1) is 0 Å². The average Bonchev–Trinajstić information content (AvgIpc) is 2.94. The summed E-state index contributed by atoms with van der Waals surface area (Å²) in [6.07, 6.45) is 2.93. The van der Waals surface area contributed by atoms with E-state index in [-0.39, 0.29) is 23.4 Å². The highest BCUT2D eigenvalue weighted by molar-refractivity contribution is 7.89. The van der Waals surface area contributed by atoms with Gasteiger partial charge in [-0.15, -0.1) is 0 Å². The molecule has 22 heavy (non-hydrogen) atoms. The molecule has 2 heterocycles. The first kappa shape index (κ1) is 16.7. The summed E-state index contributed by atoms with van der Waals surface area (Å²) in [5, 5.41) is 2.67. The van der Waals surface area contributed by atoms with Gasteiger partial charge in [-0.25, -0.2) is 8.42 Å². The van der Waals surface area contributed by atoms with Crippen LogP contribution >= 0.6 is 0 Å². The maximum atomic E-state index is 12.5. The van der Waals surface area contributed by atoms with E-state index >= 15 is 0 Å². The second kappa shape index (κ2) is 6.62. The van der Waals surface area contributed by atoms with Crippen molar-refractivity contribution in [2.75, 3.05) is 13.1 Å². The average molecular weight is 327 g/mol. The van der Waals surface area contributed by atoms with E-state index in [0.717, 1.165) is 17.4 Å². The van der Waals surface area contributed by atoms with Crippen LogP contribution in [-0.2, 0) is 21.4 Å². The van der Waals surface area contributed by atoms with E-state index in [0.29, 0.717) is 13.1 Å². The van der Waals surface area contributed by atoms with Crippen molar-refractivity contribution in [2.45, 2.75) is 44.2 Å². The van der Waals surface area contributed by atoms with E-state index < -0.39 is 15.6 Å². The van der Waals surface area contributed by atoms with Gasteiger partial charge in [-0.05, 0) is 32.8 Å². The van der Waals surface area contributed by atoms with Gasteiger partial charge in [0.1, 0.15) is 6.54 Å². The van der Waals surface area contributed by atoms with E-state index in [1.807, 2.05) is 13.8 Å². The van der Waals surface area contributed by atoms with Crippen molar-refractivity contribution in [3.05, 3.63) is 28.7 Å². The number of carbonyl (C=O) groups excluding carboxylic acids is 1. The number of nitrogens with one attached hydrogen (secondary N) is 1. The van der Waals surface area contributed by atoms with Gasteiger partial charge in [0.15, 0.2) is 0 Å². The maximum Gasteiger partial charge on any atom is 0.251 e. The fourth-order valence-corrected chi connectivity index (χ4v) is 3.92. The number of sulfonamides is 1. The Morgan fingerprint density at radius 1 is 1.27 bits per heavy atom. The second-order valence-electron chi connectivity index (χ2n) is 5.66. The smallest absolute Gasteiger partial charge is 0.251 e. The van der Waals surface area contributed by atoms with Crippen LogP contribution in [0.1, 0.15) is 26.7 Å². The van der Waals surface area contributed by atoms with Gasteiger partial charge in [0.05, 0.1) is 4.90 Å². The van der Waals surface area contributed by atoms with Crippen LogP contribution in [0.15, 0.2) is 28.0 Å². The van der Waals surface area contributed by atoms with Crippen LogP contribution in [0.4, 0.5) is 0 Å². The Hall–Kier alpha value is -1.67. The molecule has 122 valence electrons. The first-order valence-electron chi connectivity index (χ1n) is 7.31. The zero-order valence-corrected chi connectivity index (χ0v) is 13.6. The predicted octanol–water partition coefficient (Wildman–Crippen LogP) is 0.157. The molecule has 0 aliphatic carbocycles. The molecule has 0 atom stereocenters. The van der Waals surface area contributed by atoms with Crippen molar-refractivity contribution >= 4 is 15.9 Å². The molecule has 1 aliphatic rings. The molecule has 1 fully saturated rings. The summed E-state index contributed by atoms with van der Waals surface area (Å²) in [6.45, 7) is 4.43. The van der Waals surface area contributed by atoms with Gasteiger partial charge in [-0.3, -0.25) is 9.59 Å². The van der Waals surface area contributed by atoms with Crippen LogP contribution in [0.25, 0.3) is 0 Å². The normalized spacial score (nSPS) is 16.1. The van der Waals surface area contributed by atoms with E-state index in [2.05, 4.69) is 5.32 Å². The topological polar surface area (TPSA) is 88.5 Å². The molecular weight excluding hydrogens is 306 g/mol. The number of rotatable bonds is 5. The molecule has 0 spiro atoms. The van der Waals surface area contributed by atoms with Crippen molar-refractivity contribution < 1.29 is 13.2 Å². The zero-order chi connectivity index (χ0) is 16.3. The van der Waals surface area contributed by atoms with Gasteiger partial charge in [0, 0.05) is 31.4 Å². The van der Waals surface area contributed by atoms with E-state index in [1.54, 1.807) is 0 Å². The Morgan fingerprint density at radius 2 is 1.91 bits per heavy atom. The third-order valence-corrected chi connectivity index (χ3v) is 5.30. The lowest BCUT2D eigenvalue weighted by Gasteiger charge is -2.16. The lowest BCUT2D eigenvalue weighted by Crippen LogP contribution is -2.36. The fourth-order valence-electron chi connectivity index (χ4n) is 2.39. The molecule has 8 heteroatoms. The molecule has 1 saturated heterocycles. The summed E-state index contributed by atoms with van der Waals surface area (Å²) in [4.78, 5) is 23.6. The van der Waals surface area contributed by atoms with Crippen molar-refractivity contribution in [3.8, 4) is 0 Å². The van der Waals surface area contributed by atoms with Gasteiger partial charge in [0.2, 0.25) is 15.9 Å². The van der Waals surface area contributed by atoms with Crippen LogP contribution in [-0.4, -0.2) is 42.3 Å². The molecule has 1 amide bonds. The summed E-state index contributed by atoms with van der Waals surface area (Å²) in [5.41, 5.74) is -0.403. The maximum absolute atomic E-state index is 12.5. The minimum absolute atomic E-state index is 0.0419. The van der Waals surface area contributed by atoms with E-state index in [1.165, 1.54) is 22.6 Å². The molecule has 0 unspecified atom stereocenters. The molecule has 7 nitrogen and oxygen atoms in total. The highest BCUT2D eigenvalue weighted by Gasteiger charge is 2.27. The van der Waals surface area contributed by atoms with Gasteiger partial charge in [0.25, 0.3) is 5.56 Å². The lowest BCUT2D eigenvalue weighted by molar-refractivity contribution is -0.122. The second-order valence-corrected chi connectivity index (χ2v) is 7.60. The number of aromatic nitrogens is 1. The summed E-state index contributed by atoms with van der Waals surface area (Å²) >= 11 is 0. The zero-order valence-electron chi connectivity index (χ0n) is 12.8. The largest absolute Gasteiger partial charge is 0.352 e.